The van der Waals surface area contributed by atoms with Crippen molar-refractivity contribution < 1.29 is 14.3 Å². The van der Waals surface area contributed by atoms with Gasteiger partial charge in [0.15, 0.2) is 5.13 Å². The molecule has 2 aromatic heterocycles. The molecule has 2 rings (SSSR count). The summed E-state index contributed by atoms with van der Waals surface area (Å²) in [5.41, 5.74) is 7.27. The van der Waals surface area contributed by atoms with E-state index in [0.29, 0.717) is 5.69 Å². The number of aryl methyl sites for hydroxylation is 2. The highest BCUT2D eigenvalue weighted by atomic mass is 32.1. The van der Waals surface area contributed by atoms with E-state index in [1.807, 2.05) is 35.9 Å². The van der Waals surface area contributed by atoms with Crippen LogP contribution in [0.5, 0.6) is 0 Å². The van der Waals surface area contributed by atoms with Gasteiger partial charge in [-0.25, -0.2) is 15.2 Å². The molecule has 2 heterocycles. The Morgan fingerprint density at radius 1 is 1.27 bits per heavy atom. The highest BCUT2D eigenvalue weighted by Crippen LogP contribution is 2.20. The van der Waals surface area contributed by atoms with Gasteiger partial charge in [0.05, 0.1) is 18.7 Å². The molecule has 2 N–H and O–H groups in total. The number of rotatable bonds is 4. The molecule has 2 aromatic rings. The predicted octanol–water partition coefficient (Wildman–Crippen LogP) is 1.87. The van der Waals surface area contributed by atoms with Crippen LogP contribution in [0.1, 0.15) is 24.0 Å². The van der Waals surface area contributed by atoms with Crippen LogP contribution in [-0.2, 0) is 16.0 Å². The van der Waals surface area contributed by atoms with Crippen molar-refractivity contribution in [2.24, 2.45) is 0 Å². The van der Waals surface area contributed by atoms with E-state index in [1.54, 1.807) is 6.92 Å². The van der Waals surface area contributed by atoms with Crippen LogP contribution in [0.3, 0.4) is 0 Å². The van der Waals surface area contributed by atoms with E-state index in [1.165, 1.54) is 11.3 Å². The third-order valence-electron chi connectivity index (χ3n) is 2.92. The molecular formula is C14H18N4O3S. The molecule has 0 fully saturated rings. The molecule has 0 unspecified atom stereocenters. The molecule has 0 saturated heterocycles. The first-order valence-electron chi connectivity index (χ1n) is 6.82. The van der Waals surface area contributed by atoms with E-state index >= 15 is 0 Å². The lowest BCUT2D eigenvalue weighted by Crippen LogP contribution is -2.42. The molecule has 8 heteroatoms. The van der Waals surface area contributed by atoms with Crippen LogP contribution in [0.25, 0.3) is 5.13 Å². The van der Waals surface area contributed by atoms with E-state index in [9.17, 15) is 9.59 Å². The number of amides is 2. The van der Waals surface area contributed by atoms with E-state index in [4.69, 9.17) is 0 Å². The van der Waals surface area contributed by atoms with Crippen LogP contribution in [0.4, 0.5) is 4.79 Å². The maximum absolute atomic E-state index is 11.7. The molecule has 2 amide bonds. The van der Waals surface area contributed by atoms with E-state index in [0.717, 1.165) is 16.5 Å². The topological polar surface area (TPSA) is 85.3 Å². The van der Waals surface area contributed by atoms with Gasteiger partial charge in [-0.15, -0.1) is 11.3 Å². The molecule has 7 nitrogen and oxygen atoms in total. The maximum atomic E-state index is 11.7. The van der Waals surface area contributed by atoms with E-state index in [2.05, 4.69) is 20.6 Å². The number of carbonyl (C=O) groups is 2. The molecule has 0 atom stereocenters. The second kappa shape index (κ2) is 7.08. The second-order valence-corrected chi connectivity index (χ2v) is 5.48. The minimum Gasteiger partial charge on any atom is -0.449 e. The van der Waals surface area contributed by atoms with Crippen LogP contribution >= 0.6 is 11.3 Å². The number of aromatic nitrogens is 2. The second-order valence-electron chi connectivity index (χ2n) is 4.64. The summed E-state index contributed by atoms with van der Waals surface area (Å²) in [5.74, 6) is -0.356. The molecule has 0 aliphatic carbocycles. The van der Waals surface area contributed by atoms with Crippen molar-refractivity contribution >= 4 is 23.3 Å². The summed E-state index contributed by atoms with van der Waals surface area (Å²) in [6.07, 6.45) is -0.601. The molecule has 22 heavy (non-hydrogen) atoms. The molecule has 0 bridgehead atoms. The van der Waals surface area contributed by atoms with Gasteiger partial charge >= 0.3 is 6.09 Å². The third kappa shape index (κ3) is 3.85. The summed E-state index contributed by atoms with van der Waals surface area (Å²) in [5, 5.41) is 2.65. The Kier molecular flexibility index (Phi) is 5.16. The highest BCUT2D eigenvalue weighted by Gasteiger charge is 2.12. The SMILES string of the molecule is CCOC(=O)NNC(=O)Cc1csc(-n2c(C)ccc2C)n1. The molecule has 0 aromatic carbocycles. The van der Waals surface area contributed by atoms with E-state index < -0.39 is 6.09 Å². The van der Waals surface area contributed by atoms with Gasteiger partial charge in [-0.3, -0.25) is 14.8 Å². The number of hydrogen-bond donors (Lipinski definition) is 2. The Bertz CT molecular complexity index is 658. The summed E-state index contributed by atoms with van der Waals surface area (Å²) >= 11 is 1.47. The lowest BCUT2D eigenvalue weighted by Gasteiger charge is -2.06. The number of hydrazine groups is 1. The zero-order valence-electron chi connectivity index (χ0n) is 12.7. The van der Waals surface area contributed by atoms with Gasteiger partial charge in [-0.05, 0) is 32.9 Å². The smallest absolute Gasteiger partial charge is 0.426 e. The summed E-state index contributed by atoms with van der Waals surface area (Å²) in [4.78, 5) is 27.3. The summed E-state index contributed by atoms with van der Waals surface area (Å²) in [7, 11) is 0. The van der Waals surface area contributed by atoms with Gasteiger partial charge in [0, 0.05) is 16.8 Å². The monoisotopic (exact) mass is 322 g/mol. The molecule has 0 aliphatic heterocycles. The molecule has 0 saturated carbocycles. The van der Waals surface area contributed by atoms with Gasteiger partial charge in [0.2, 0.25) is 5.91 Å². The fourth-order valence-corrected chi connectivity index (χ4v) is 2.89. The Labute approximate surface area is 132 Å². The quantitative estimate of drug-likeness (QED) is 0.842. The average molecular weight is 322 g/mol. The number of hydrogen-bond acceptors (Lipinski definition) is 5. The predicted molar refractivity (Wildman–Crippen MR) is 82.9 cm³/mol. The number of ether oxygens (including phenoxy) is 1. The average Bonchev–Trinajstić information content (AvgIpc) is 3.04. The highest BCUT2D eigenvalue weighted by molar-refractivity contribution is 7.12. The number of carbonyl (C=O) groups excluding carboxylic acids is 2. The first-order valence-corrected chi connectivity index (χ1v) is 7.70. The molecular weight excluding hydrogens is 304 g/mol. The van der Waals surface area contributed by atoms with Crippen molar-refractivity contribution in [2.45, 2.75) is 27.2 Å². The van der Waals surface area contributed by atoms with Crippen molar-refractivity contribution in [3.05, 3.63) is 34.6 Å². The molecule has 0 radical (unpaired) electrons. The van der Waals surface area contributed by atoms with Crippen molar-refractivity contribution in [2.75, 3.05) is 6.61 Å². The Morgan fingerprint density at radius 2 is 1.95 bits per heavy atom. The minimum atomic E-state index is -0.687. The van der Waals surface area contributed by atoms with Crippen molar-refractivity contribution in [3.8, 4) is 5.13 Å². The number of nitrogens with one attached hydrogen (secondary N) is 2. The molecule has 0 spiro atoms. The van der Waals surface area contributed by atoms with Gasteiger partial charge < -0.3 is 4.74 Å². The molecule has 0 aliphatic rings. The van der Waals surface area contributed by atoms with E-state index in [-0.39, 0.29) is 18.9 Å². The van der Waals surface area contributed by atoms with Crippen molar-refractivity contribution in [1.82, 2.24) is 20.4 Å². The third-order valence-corrected chi connectivity index (χ3v) is 3.80. The number of nitrogens with zero attached hydrogens (tertiary/aromatic N) is 2. The Hall–Kier alpha value is -2.35. The first-order chi connectivity index (χ1) is 10.5. The van der Waals surface area contributed by atoms with Gasteiger partial charge in [0.25, 0.3) is 0 Å². The molecule has 118 valence electrons. The lowest BCUT2D eigenvalue weighted by molar-refractivity contribution is -0.121. The normalized spacial score (nSPS) is 10.3. The van der Waals surface area contributed by atoms with Crippen molar-refractivity contribution in [1.29, 1.82) is 0 Å². The lowest BCUT2D eigenvalue weighted by atomic mass is 10.3. The van der Waals surface area contributed by atoms with Crippen LogP contribution < -0.4 is 10.9 Å². The van der Waals surface area contributed by atoms with Gasteiger partial charge in [-0.2, -0.15) is 0 Å². The van der Waals surface area contributed by atoms with Crippen LogP contribution in [0.2, 0.25) is 0 Å². The summed E-state index contributed by atoms with van der Waals surface area (Å²) < 4.78 is 6.67. The number of thiazole rings is 1. The first kappa shape index (κ1) is 16.0. The largest absolute Gasteiger partial charge is 0.449 e. The van der Waals surface area contributed by atoms with Crippen LogP contribution in [0.15, 0.2) is 17.5 Å². The maximum Gasteiger partial charge on any atom is 0.426 e. The Balaban J connectivity index is 1.95. The fraction of sp³-hybridized carbons (Fsp3) is 0.357. The minimum absolute atomic E-state index is 0.0856. The zero-order valence-corrected chi connectivity index (χ0v) is 13.5. The van der Waals surface area contributed by atoms with Crippen molar-refractivity contribution in [3.63, 3.8) is 0 Å². The van der Waals surface area contributed by atoms with Crippen LogP contribution in [-0.4, -0.2) is 28.2 Å². The summed E-state index contributed by atoms with van der Waals surface area (Å²) in [6.45, 7) is 5.93. The standard InChI is InChI=1S/C14H18N4O3S/c1-4-21-14(20)17-16-12(19)7-11-8-22-13(15-11)18-9(2)5-6-10(18)3/h5-6,8H,4,7H2,1-3H3,(H,16,19)(H,17,20). The van der Waals surface area contributed by atoms with Gasteiger partial charge in [0.1, 0.15) is 0 Å². The van der Waals surface area contributed by atoms with Crippen LogP contribution in [0, 0.1) is 13.8 Å². The van der Waals surface area contributed by atoms with Gasteiger partial charge in [-0.1, -0.05) is 0 Å². The fourth-order valence-electron chi connectivity index (χ4n) is 1.95. The summed E-state index contributed by atoms with van der Waals surface area (Å²) in [6, 6.07) is 4.04. The zero-order chi connectivity index (χ0) is 16.1. The Morgan fingerprint density at radius 3 is 2.59 bits per heavy atom.